The SMILES string of the molecule is CN([C@H]1CCCNC1)S(=O)(=O)c1cnccn1. The summed E-state index contributed by atoms with van der Waals surface area (Å²) in [5.74, 6) is 0. The molecule has 6 nitrogen and oxygen atoms in total. The Morgan fingerprint density at radius 3 is 2.88 bits per heavy atom. The molecule has 1 N–H and O–H groups in total. The lowest BCUT2D eigenvalue weighted by molar-refractivity contribution is 0.299. The quantitative estimate of drug-likeness (QED) is 0.814. The van der Waals surface area contributed by atoms with Crippen LogP contribution in [0.5, 0.6) is 0 Å². The number of hydrogen-bond acceptors (Lipinski definition) is 5. The van der Waals surface area contributed by atoms with Gasteiger partial charge in [0.25, 0.3) is 10.0 Å². The second-order valence-corrected chi connectivity index (χ2v) is 6.01. The molecule has 0 aromatic carbocycles. The fraction of sp³-hybridized carbons (Fsp3) is 0.600. The standard InChI is InChI=1S/C10H16N4O2S/c1-14(9-3-2-4-11-7-9)17(15,16)10-8-12-5-6-13-10/h5-6,8-9,11H,2-4,7H2,1H3/t9-/m0/s1. The number of piperidine rings is 1. The molecule has 0 saturated carbocycles. The second kappa shape index (κ2) is 5.07. The summed E-state index contributed by atoms with van der Waals surface area (Å²) in [5.41, 5.74) is 0. The number of rotatable bonds is 3. The van der Waals surface area contributed by atoms with Gasteiger partial charge in [0.15, 0.2) is 5.03 Å². The summed E-state index contributed by atoms with van der Waals surface area (Å²) in [6.45, 7) is 1.64. The molecular weight excluding hydrogens is 240 g/mol. The first-order valence-corrected chi connectivity index (χ1v) is 7.01. The molecule has 17 heavy (non-hydrogen) atoms. The van der Waals surface area contributed by atoms with Crippen LogP contribution in [-0.4, -0.2) is 48.9 Å². The second-order valence-electron chi connectivity index (χ2n) is 4.07. The highest BCUT2D eigenvalue weighted by Crippen LogP contribution is 2.17. The van der Waals surface area contributed by atoms with Crippen LogP contribution in [0.15, 0.2) is 23.6 Å². The van der Waals surface area contributed by atoms with Crippen molar-refractivity contribution in [1.29, 1.82) is 0 Å². The first kappa shape index (κ1) is 12.4. The number of sulfonamides is 1. The zero-order valence-corrected chi connectivity index (χ0v) is 10.5. The fourth-order valence-electron chi connectivity index (χ4n) is 1.91. The molecule has 1 aromatic heterocycles. The summed E-state index contributed by atoms with van der Waals surface area (Å²) in [4.78, 5) is 7.65. The molecule has 1 aromatic rings. The third-order valence-corrected chi connectivity index (χ3v) is 4.76. The molecule has 7 heteroatoms. The van der Waals surface area contributed by atoms with E-state index in [-0.39, 0.29) is 11.1 Å². The Hall–Kier alpha value is -1.05. The highest BCUT2D eigenvalue weighted by molar-refractivity contribution is 7.89. The molecule has 0 aliphatic carbocycles. The van der Waals surface area contributed by atoms with E-state index in [0.29, 0.717) is 6.54 Å². The van der Waals surface area contributed by atoms with E-state index in [1.807, 2.05) is 0 Å². The maximum absolute atomic E-state index is 12.2. The largest absolute Gasteiger partial charge is 0.315 e. The van der Waals surface area contributed by atoms with Crippen molar-refractivity contribution in [3.8, 4) is 0 Å². The smallest absolute Gasteiger partial charge is 0.262 e. The van der Waals surface area contributed by atoms with Gasteiger partial charge in [0, 0.05) is 32.0 Å². The van der Waals surface area contributed by atoms with Crippen molar-refractivity contribution in [1.82, 2.24) is 19.6 Å². The zero-order chi connectivity index (χ0) is 12.3. The fourth-order valence-corrected chi connectivity index (χ4v) is 3.16. The molecule has 0 amide bonds. The first-order valence-electron chi connectivity index (χ1n) is 5.57. The van der Waals surface area contributed by atoms with Crippen molar-refractivity contribution in [3.63, 3.8) is 0 Å². The van der Waals surface area contributed by atoms with Crippen molar-refractivity contribution < 1.29 is 8.42 Å². The molecule has 0 unspecified atom stereocenters. The van der Waals surface area contributed by atoms with Gasteiger partial charge in [-0.3, -0.25) is 4.98 Å². The highest BCUT2D eigenvalue weighted by atomic mass is 32.2. The van der Waals surface area contributed by atoms with Crippen LogP contribution in [0.4, 0.5) is 0 Å². The molecule has 2 rings (SSSR count). The molecule has 1 aliphatic rings. The minimum atomic E-state index is -3.52. The topological polar surface area (TPSA) is 75.2 Å². The lowest BCUT2D eigenvalue weighted by atomic mass is 10.1. The van der Waals surface area contributed by atoms with E-state index in [1.165, 1.54) is 22.9 Å². The Kier molecular flexibility index (Phi) is 3.70. The average Bonchev–Trinajstić information content (AvgIpc) is 2.40. The van der Waals surface area contributed by atoms with E-state index < -0.39 is 10.0 Å². The Bertz CT molecular complexity index is 456. The molecule has 0 bridgehead atoms. The Balaban J connectivity index is 2.20. The Morgan fingerprint density at radius 1 is 1.47 bits per heavy atom. The summed E-state index contributed by atoms with van der Waals surface area (Å²) in [7, 11) is -1.92. The van der Waals surface area contributed by atoms with Gasteiger partial charge < -0.3 is 5.32 Å². The van der Waals surface area contributed by atoms with Crippen molar-refractivity contribution in [2.75, 3.05) is 20.1 Å². The van der Waals surface area contributed by atoms with E-state index in [2.05, 4.69) is 15.3 Å². The molecule has 1 saturated heterocycles. The number of nitrogens with zero attached hydrogens (tertiary/aromatic N) is 3. The predicted octanol–water partition coefficient (Wildman–Crippen LogP) is -0.151. The summed E-state index contributed by atoms with van der Waals surface area (Å²) in [5, 5.41) is 3.20. The van der Waals surface area contributed by atoms with Crippen molar-refractivity contribution in [3.05, 3.63) is 18.6 Å². The van der Waals surface area contributed by atoms with Gasteiger partial charge in [0.1, 0.15) is 0 Å². The predicted molar refractivity (Wildman–Crippen MR) is 62.9 cm³/mol. The van der Waals surface area contributed by atoms with Crippen LogP contribution in [0.3, 0.4) is 0 Å². The van der Waals surface area contributed by atoms with Gasteiger partial charge >= 0.3 is 0 Å². The maximum Gasteiger partial charge on any atom is 0.262 e. The molecule has 0 spiro atoms. The van der Waals surface area contributed by atoms with Crippen LogP contribution >= 0.6 is 0 Å². The van der Waals surface area contributed by atoms with Crippen LogP contribution in [0.2, 0.25) is 0 Å². The van der Waals surface area contributed by atoms with Crippen LogP contribution < -0.4 is 5.32 Å². The van der Waals surface area contributed by atoms with Gasteiger partial charge in [-0.2, -0.15) is 4.31 Å². The van der Waals surface area contributed by atoms with Crippen molar-refractivity contribution in [2.24, 2.45) is 0 Å². The summed E-state index contributed by atoms with van der Waals surface area (Å²) in [6, 6.07) is -0.00393. The van der Waals surface area contributed by atoms with Gasteiger partial charge in [-0.05, 0) is 19.4 Å². The van der Waals surface area contributed by atoms with Crippen LogP contribution in [0.1, 0.15) is 12.8 Å². The van der Waals surface area contributed by atoms with E-state index in [1.54, 1.807) is 7.05 Å². The number of nitrogens with one attached hydrogen (secondary N) is 1. The number of likely N-dealkylation sites (N-methyl/N-ethyl adjacent to an activating group) is 1. The summed E-state index contributed by atoms with van der Waals surface area (Å²) >= 11 is 0. The van der Waals surface area contributed by atoms with Gasteiger partial charge in [-0.25, -0.2) is 13.4 Å². The molecule has 0 radical (unpaired) electrons. The Morgan fingerprint density at radius 2 is 2.29 bits per heavy atom. The molecule has 1 aliphatic heterocycles. The first-order chi connectivity index (χ1) is 8.12. The summed E-state index contributed by atoms with van der Waals surface area (Å²) in [6.07, 6.45) is 6.00. The lowest BCUT2D eigenvalue weighted by Gasteiger charge is -2.30. The van der Waals surface area contributed by atoms with E-state index in [9.17, 15) is 8.42 Å². The van der Waals surface area contributed by atoms with Gasteiger partial charge in [0.05, 0.1) is 6.20 Å². The average molecular weight is 256 g/mol. The van der Waals surface area contributed by atoms with Crippen LogP contribution in [0.25, 0.3) is 0 Å². The molecule has 2 heterocycles. The molecule has 1 atom stereocenters. The van der Waals surface area contributed by atoms with E-state index >= 15 is 0 Å². The Labute approximate surface area is 101 Å². The minimum absolute atomic E-state index is 0.00393. The lowest BCUT2D eigenvalue weighted by Crippen LogP contribution is -2.46. The monoisotopic (exact) mass is 256 g/mol. The van der Waals surface area contributed by atoms with Crippen molar-refractivity contribution in [2.45, 2.75) is 23.9 Å². The van der Waals surface area contributed by atoms with Crippen LogP contribution in [-0.2, 0) is 10.0 Å². The normalized spacial score (nSPS) is 21.6. The molecule has 1 fully saturated rings. The third kappa shape index (κ3) is 2.62. The number of aromatic nitrogens is 2. The van der Waals surface area contributed by atoms with Gasteiger partial charge in [0.2, 0.25) is 0 Å². The van der Waals surface area contributed by atoms with E-state index in [4.69, 9.17) is 0 Å². The molecule has 94 valence electrons. The third-order valence-electron chi connectivity index (χ3n) is 2.97. The van der Waals surface area contributed by atoms with E-state index in [0.717, 1.165) is 19.4 Å². The van der Waals surface area contributed by atoms with Crippen LogP contribution in [0, 0.1) is 0 Å². The maximum atomic E-state index is 12.2. The van der Waals surface area contributed by atoms with Gasteiger partial charge in [-0.15, -0.1) is 0 Å². The van der Waals surface area contributed by atoms with Crippen molar-refractivity contribution >= 4 is 10.0 Å². The summed E-state index contributed by atoms with van der Waals surface area (Å²) < 4.78 is 25.8. The molecular formula is C10H16N4O2S. The minimum Gasteiger partial charge on any atom is -0.315 e. The highest BCUT2D eigenvalue weighted by Gasteiger charge is 2.29. The van der Waals surface area contributed by atoms with Gasteiger partial charge in [-0.1, -0.05) is 0 Å². The zero-order valence-electron chi connectivity index (χ0n) is 9.70. The number of hydrogen-bond donors (Lipinski definition) is 1.